The number of unbranched alkanes of at least 4 members (excludes halogenated alkanes) is 1. The summed E-state index contributed by atoms with van der Waals surface area (Å²) in [5.41, 5.74) is 1.08. The highest BCUT2D eigenvalue weighted by Gasteiger charge is 2.27. The Morgan fingerprint density at radius 2 is 1.96 bits per heavy atom. The first-order valence-corrected chi connectivity index (χ1v) is 10.5. The molecule has 6 heteroatoms. The van der Waals surface area contributed by atoms with Crippen LogP contribution in [0.2, 0.25) is 10.0 Å². The minimum atomic E-state index is 0.134. The summed E-state index contributed by atoms with van der Waals surface area (Å²) < 4.78 is 5.52. The molecule has 1 aliphatic heterocycles. The Kier molecular flexibility index (Phi) is 9.76. The molecule has 1 aromatic rings. The van der Waals surface area contributed by atoms with Crippen LogP contribution in [0.15, 0.2) is 18.2 Å². The number of likely N-dealkylation sites (tertiary alicyclic amines) is 1. The molecule has 146 valence electrons. The third-order valence-corrected chi connectivity index (χ3v) is 5.80. The van der Waals surface area contributed by atoms with E-state index in [4.69, 9.17) is 27.9 Å². The van der Waals surface area contributed by atoms with Gasteiger partial charge in [0.15, 0.2) is 0 Å². The quantitative estimate of drug-likeness (QED) is 0.591. The molecule has 0 saturated carbocycles. The molecule has 1 amide bonds. The van der Waals surface area contributed by atoms with E-state index in [1.54, 1.807) is 0 Å². The standard InChI is InChI=1S/C20H30Cl2N2O2/c1-2-3-13-26-14-5-10-23-20(25)16-8-11-24(12-9-16)15-17-6-4-7-18(21)19(17)22/h4,6-7,16H,2-3,5,8-15H2,1H3,(H,23,25)/p+1. The number of carbonyl (C=O) groups excluding carboxylic acids is 1. The number of hydrogen-bond donors (Lipinski definition) is 2. The summed E-state index contributed by atoms with van der Waals surface area (Å²) in [5, 5.41) is 4.32. The molecule has 0 aromatic heterocycles. The molecule has 4 nitrogen and oxygen atoms in total. The van der Waals surface area contributed by atoms with Crippen LogP contribution >= 0.6 is 23.2 Å². The van der Waals surface area contributed by atoms with E-state index in [0.29, 0.717) is 16.6 Å². The van der Waals surface area contributed by atoms with E-state index < -0.39 is 0 Å². The van der Waals surface area contributed by atoms with E-state index >= 15 is 0 Å². The predicted octanol–water partition coefficient (Wildman–Crippen LogP) is 3.11. The minimum Gasteiger partial charge on any atom is -0.381 e. The van der Waals surface area contributed by atoms with Crippen LogP contribution < -0.4 is 10.2 Å². The van der Waals surface area contributed by atoms with Gasteiger partial charge in [0.05, 0.1) is 23.1 Å². The van der Waals surface area contributed by atoms with Gasteiger partial charge in [0.25, 0.3) is 0 Å². The molecule has 0 aliphatic carbocycles. The van der Waals surface area contributed by atoms with Crippen molar-refractivity contribution in [2.45, 2.75) is 45.6 Å². The Morgan fingerprint density at radius 3 is 2.69 bits per heavy atom. The molecule has 0 unspecified atom stereocenters. The van der Waals surface area contributed by atoms with E-state index in [0.717, 1.165) is 70.5 Å². The van der Waals surface area contributed by atoms with E-state index in [1.807, 2.05) is 18.2 Å². The molecule has 1 aliphatic rings. The van der Waals surface area contributed by atoms with Crippen LogP contribution in [-0.2, 0) is 16.1 Å². The van der Waals surface area contributed by atoms with E-state index in [2.05, 4.69) is 12.2 Å². The van der Waals surface area contributed by atoms with Gasteiger partial charge in [0, 0.05) is 44.1 Å². The van der Waals surface area contributed by atoms with Crippen LogP contribution in [0.3, 0.4) is 0 Å². The summed E-state index contributed by atoms with van der Waals surface area (Å²) in [5.74, 6) is 0.327. The van der Waals surface area contributed by atoms with Crippen LogP contribution in [0.1, 0.15) is 44.6 Å². The summed E-state index contributed by atoms with van der Waals surface area (Å²) in [7, 11) is 0. The van der Waals surface area contributed by atoms with Crippen molar-refractivity contribution >= 4 is 29.1 Å². The second-order valence-corrected chi connectivity index (χ2v) is 7.81. The maximum absolute atomic E-state index is 12.3. The molecule has 1 aromatic carbocycles. The fourth-order valence-corrected chi connectivity index (χ4v) is 3.68. The molecule has 0 atom stereocenters. The summed E-state index contributed by atoms with van der Waals surface area (Å²) >= 11 is 12.4. The average molecular weight is 402 g/mol. The van der Waals surface area contributed by atoms with E-state index in [1.165, 1.54) is 4.90 Å². The molecule has 0 spiro atoms. The molecule has 0 radical (unpaired) electrons. The number of halogens is 2. The minimum absolute atomic E-state index is 0.134. The van der Waals surface area contributed by atoms with Crippen molar-refractivity contribution in [1.82, 2.24) is 5.32 Å². The molecule has 1 fully saturated rings. The Labute approximate surface area is 167 Å². The van der Waals surface area contributed by atoms with Crippen LogP contribution in [0.25, 0.3) is 0 Å². The van der Waals surface area contributed by atoms with Gasteiger partial charge in [0.1, 0.15) is 6.54 Å². The number of hydrogen-bond acceptors (Lipinski definition) is 2. The third-order valence-electron chi connectivity index (χ3n) is 4.94. The van der Waals surface area contributed by atoms with Crippen molar-refractivity contribution in [3.63, 3.8) is 0 Å². The van der Waals surface area contributed by atoms with Crippen molar-refractivity contribution in [2.24, 2.45) is 5.92 Å². The van der Waals surface area contributed by atoms with Gasteiger partial charge in [-0.05, 0) is 18.9 Å². The number of nitrogens with one attached hydrogen (secondary N) is 2. The van der Waals surface area contributed by atoms with Crippen molar-refractivity contribution in [3.8, 4) is 0 Å². The van der Waals surface area contributed by atoms with E-state index in [-0.39, 0.29) is 11.8 Å². The maximum atomic E-state index is 12.3. The lowest BCUT2D eigenvalue weighted by Crippen LogP contribution is -3.11. The highest BCUT2D eigenvalue weighted by molar-refractivity contribution is 6.42. The first kappa shape index (κ1) is 21.5. The Morgan fingerprint density at radius 1 is 1.23 bits per heavy atom. The summed E-state index contributed by atoms with van der Waals surface area (Å²) in [6, 6.07) is 5.78. The van der Waals surface area contributed by atoms with Crippen molar-refractivity contribution in [1.29, 1.82) is 0 Å². The lowest BCUT2D eigenvalue weighted by atomic mass is 9.95. The van der Waals surface area contributed by atoms with Crippen molar-refractivity contribution < 1.29 is 14.4 Å². The van der Waals surface area contributed by atoms with Gasteiger partial charge in [0.2, 0.25) is 5.91 Å². The zero-order valence-corrected chi connectivity index (χ0v) is 17.2. The van der Waals surface area contributed by atoms with Gasteiger partial charge >= 0.3 is 0 Å². The number of ether oxygens (including phenoxy) is 1. The summed E-state index contributed by atoms with van der Waals surface area (Å²) in [6.07, 6.45) is 4.99. The molecular weight excluding hydrogens is 371 g/mol. The fraction of sp³-hybridized carbons (Fsp3) is 0.650. The number of benzene rings is 1. The molecular formula is C20H31Cl2N2O2+. The summed E-state index contributed by atoms with van der Waals surface area (Å²) in [4.78, 5) is 13.8. The molecule has 2 N–H and O–H groups in total. The largest absolute Gasteiger partial charge is 0.381 e. The maximum Gasteiger partial charge on any atom is 0.223 e. The van der Waals surface area contributed by atoms with Gasteiger partial charge in [-0.3, -0.25) is 4.79 Å². The van der Waals surface area contributed by atoms with Gasteiger partial charge < -0.3 is 15.0 Å². The van der Waals surface area contributed by atoms with Gasteiger partial charge in [-0.2, -0.15) is 0 Å². The monoisotopic (exact) mass is 401 g/mol. The van der Waals surface area contributed by atoms with Gasteiger partial charge in [-0.1, -0.05) is 48.7 Å². The van der Waals surface area contributed by atoms with Crippen LogP contribution in [0.5, 0.6) is 0 Å². The van der Waals surface area contributed by atoms with Crippen LogP contribution in [0, 0.1) is 5.92 Å². The van der Waals surface area contributed by atoms with Crippen molar-refractivity contribution in [2.75, 3.05) is 32.8 Å². The molecule has 1 saturated heterocycles. The Bertz CT molecular complexity index is 561. The zero-order valence-electron chi connectivity index (χ0n) is 15.7. The SMILES string of the molecule is CCCCOCCCNC(=O)C1CC[NH+](Cc2cccc(Cl)c2Cl)CC1. The second-order valence-electron chi connectivity index (χ2n) is 7.02. The number of rotatable bonds is 10. The number of piperidine rings is 1. The molecule has 0 bridgehead atoms. The van der Waals surface area contributed by atoms with Gasteiger partial charge in [-0.15, -0.1) is 0 Å². The Hall–Kier alpha value is -0.810. The van der Waals surface area contributed by atoms with Gasteiger partial charge in [-0.25, -0.2) is 0 Å². The van der Waals surface area contributed by atoms with E-state index in [9.17, 15) is 4.79 Å². The second kappa shape index (κ2) is 11.8. The fourth-order valence-electron chi connectivity index (χ4n) is 3.30. The average Bonchev–Trinajstić information content (AvgIpc) is 2.65. The molecule has 26 heavy (non-hydrogen) atoms. The lowest BCUT2D eigenvalue weighted by molar-refractivity contribution is -0.919. The number of carbonyl (C=O) groups is 1. The van der Waals surface area contributed by atoms with Crippen molar-refractivity contribution in [3.05, 3.63) is 33.8 Å². The Balaban J connectivity index is 1.63. The first-order chi connectivity index (χ1) is 12.6. The predicted molar refractivity (Wildman–Crippen MR) is 107 cm³/mol. The molecule has 2 rings (SSSR count). The first-order valence-electron chi connectivity index (χ1n) is 9.73. The van der Waals surface area contributed by atoms with Crippen LogP contribution in [0.4, 0.5) is 0 Å². The highest BCUT2D eigenvalue weighted by atomic mass is 35.5. The third kappa shape index (κ3) is 7.07. The smallest absolute Gasteiger partial charge is 0.223 e. The highest BCUT2D eigenvalue weighted by Crippen LogP contribution is 2.25. The molecule has 1 heterocycles. The lowest BCUT2D eigenvalue weighted by Gasteiger charge is -2.29. The number of amides is 1. The number of quaternary nitrogens is 1. The zero-order chi connectivity index (χ0) is 18.8. The normalized spacial score (nSPS) is 20.1. The topological polar surface area (TPSA) is 42.8 Å². The van der Waals surface area contributed by atoms with Crippen LogP contribution in [-0.4, -0.2) is 38.8 Å². The summed E-state index contributed by atoms with van der Waals surface area (Å²) in [6.45, 7) is 7.24.